The molecule has 0 amide bonds. The van der Waals surface area contributed by atoms with Gasteiger partial charge < -0.3 is 4.90 Å². The molecule has 1 aliphatic rings. The quantitative estimate of drug-likeness (QED) is 0.904. The summed E-state index contributed by atoms with van der Waals surface area (Å²) in [6.45, 7) is 6.70. The molecule has 24 heavy (non-hydrogen) atoms. The van der Waals surface area contributed by atoms with Gasteiger partial charge in [0.1, 0.15) is 0 Å². The maximum absolute atomic E-state index is 11.3. The van der Waals surface area contributed by atoms with Crippen LogP contribution in [-0.4, -0.2) is 44.5 Å². The van der Waals surface area contributed by atoms with Crippen LogP contribution in [-0.2, 0) is 16.6 Å². The summed E-state index contributed by atoms with van der Waals surface area (Å²) in [5.41, 5.74) is 3.38. The Labute approximate surface area is 143 Å². The number of hydrogen-bond donors (Lipinski definition) is 1. The Morgan fingerprint density at radius 1 is 1.08 bits per heavy atom. The van der Waals surface area contributed by atoms with Crippen LogP contribution in [0.2, 0.25) is 0 Å². The number of pyridine rings is 1. The average molecular weight is 346 g/mol. The number of sulfonamides is 1. The third kappa shape index (κ3) is 3.92. The van der Waals surface area contributed by atoms with Gasteiger partial charge in [0.2, 0.25) is 10.0 Å². The fraction of sp³-hybridized carbons (Fsp3) is 0.353. The predicted octanol–water partition coefficient (Wildman–Crippen LogP) is 1.36. The zero-order valence-corrected chi connectivity index (χ0v) is 14.5. The third-order valence-corrected chi connectivity index (χ3v) is 5.34. The lowest BCUT2D eigenvalue weighted by molar-refractivity contribution is 0.249. The van der Waals surface area contributed by atoms with E-state index in [2.05, 4.69) is 20.9 Å². The van der Waals surface area contributed by atoms with E-state index < -0.39 is 10.0 Å². The minimum absolute atomic E-state index is 0.150. The van der Waals surface area contributed by atoms with Crippen LogP contribution in [0.1, 0.15) is 11.3 Å². The zero-order chi connectivity index (χ0) is 17.2. The summed E-state index contributed by atoms with van der Waals surface area (Å²) in [4.78, 5) is 9.17. The normalized spacial score (nSPS) is 16.3. The second-order valence-corrected chi connectivity index (χ2v) is 7.61. The lowest BCUT2D eigenvalue weighted by Gasteiger charge is -2.36. The molecule has 1 saturated heterocycles. The van der Waals surface area contributed by atoms with Gasteiger partial charge in [0, 0.05) is 50.3 Å². The van der Waals surface area contributed by atoms with Crippen molar-refractivity contribution < 1.29 is 8.42 Å². The van der Waals surface area contributed by atoms with Gasteiger partial charge in [-0.1, -0.05) is 6.07 Å². The van der Waals surface area contributed by atoms with Gasteiger partial charge in [-0.05, 0) is 42.8 Å². The number of aryl methyl sites for hydroxylation is 1. The summed E-state index contributed by atoms with van der Waals surface area (Å²) < 4.78 is 22.6. The molecule has 2 N–H and O–H groups in total. The first-order valence-electron chi connectivity index (χ1n) is 7.94. The molecule has 2 aromatic rings. The first-order chi connectivity index (χ1) is 11.4. The molecule has 1 aromatic carbocycles. The molecular formula is C17H22N4O2S. The van der Waals surface area contributed by atoms with Gasteiger partial charge in [-0.15, -0.1) is 0 Å². The number of nitrogens with zero attached hydrogens (tertiary/aromatic N) is 3. The first-order valence-corrected chi connectivity index (χ1v) is 9.49. The molecule has 0 radical (unpaired) electrons. The van der Waals surface area contributed by atoms with Gasteiger partial charge in [0.15, 0.2) is 0 Å². The molecule has 1 aromatic heterocycles. The summed E-state index contributed by atoms with van der Waals surface area (Å²) >= 11 is 0. The van der Waals surface area contributed by atoms with E-state index in [1.54, 1.807) is 12.1 Å². The highest BCUT2D eigenvalue weighted by molar-refractivity contribution is 7.89. The Balaban J connectivity index is 1.60. The number of piperazine rings is 1. The second-order valence-electron chi connectivity index (χ2n) is 6.05. The molecule has 0 spiro atoms. The van der Waals surface area contributed by atoms with Gasteiger partial charge in [0.05, 0.1) is 4.90 Å². The Morgan fingerprint density at radius 2 is 1.75 bits per heavy atom. The molecule has 2 heterocycles. The van der Waals surface area contributed by atoms with E-state index in [9.17, 15) is 8.42 Å². The van der Waals surface area contributed by atoms with Crippen LogP contribution in [0, 0.1) is 6.92 Å². The number of benzene rings is 1. The summed E-state index contributed by atoms with van der Waals surface area (Å²) in [5.74, 6) is 0. The standard InChI is InChI=1S/C17H22N4O2S/c1-14-15(3-2-8-19-14)13-20-9-11-21(12-10-20)16-4-6-17(7-5-16)24(18,22)23/h2-8H,9-13H2,1H3,(H2,18,22,23). The highest BCUT2D eigenvalue weighted by atomic mass is 32.2. The van der Waals surface area contributed by atoms with Crippen LogP contribution in [0.25, 0.3) is 0 Å². The van der Waals surface area contributed by atoms with E-state index in [0.717, 1.165) is 44.1 Å². The number of primary sulfonamides is 1. The molecular weight excluding hydrogens is 324 g/mol. The third-order valence-electron chi connectivity index (χ3n) is 4.41. The fourth-order valence-corrected chi connectivity index (χ4v) is 3.45. The van der Waals surface area contributed by atoms with Crippen LogP contribution < -0.4 is 10.0 Å². The van der Waals surface area contributed by atoms with Crippen LogP contribution in [0.4, 0.5) is 5.69 Å². The van der Waals surface area contributed by atoms with Crippen molar-refractivity contribution in [1.82, 2.24) is 9.88 Å². The SMILES string of the molecule is Cc1ncccc1CN1CCN(c2ccc(S(N)(=O)=O)cc2)CC1. The highest BCUT2D eigenvalue weighted by Crippen LogP contribution is 2.20. The van der Waals surface area contributed by atoms with Crippen molar-refractivity contribution in [3.63, 3.8) is 0 Å². The van der Waals surface area contributed by atoms with E-state index in [-0.39, 0.29) is 4.90 Å². The fourth-order valence-electron chi connectivity index (χ4n) is 2.94. The molecule has 1 fully saturated rings. The summed E-state index contributed by atoms with van der Waals surface area (Å²) in [5, 5.41) is 5.14. The lowest BCUT2D eigenvalue weighted by Crippen LogP contribution is -2.46. The first kappa shape index (κ1) is 16.9. The van der Waals surface area contributed by atoms with E-state index in [1.165, 1.54) is 5.56 Å². The number of hydrogen-bond acceptors (Lipinski definition) is 5. The highest BCUT2D eigenvalue weighted by Gasteiger charge is 2.18. The van der Waals surface area contributed by atoms with Crippen LogP contribution in [0.3, 0.4) is 0 Å². The van der Waals surface area contributed by atoms with Gasteiger partial charge in [-0.25, -0.2) is 13.6 Å². The molecule has 0 atom stereocenters. The Kier molecular flexibility index (Phi) is 4.84. The van der Waals surface area contributed by atoms with Gasteiger partial charge >= 0.3 is 0 Å². The van der Waals surface area contributed by atoms with Crippen molar-refractivity contribution in [1.29, 1.82) is 0 Å². The molecule has 128 valence electrons. The van der Waals surface area contributed by atoms with Crippen molar-refractivity contribution in [2.75, 3.05) is 31.1 Å². The Bertz CT molecular complexity index is 798. The summed E-state index contributed by atoms with van der Waals surface area (Å²) in [6, 6.07) is 10.9. The molecule has 7 heteroatoms. The monoisotopic (exact) mass is 346 g/mol. The van der Waals surface area contributed by atoms with E-state index >= 15 is 0 Å². The van der Waals surface area contributed by atoms with Gasteiger partial charge in [0.25, 0.3) is 0 Å². The predicted molar refractivity (Wildman–Crippen MR) is 94.3 cm³/mol. The number of nitrogens with two attached hydrogens (primary N) is 1. The Morgan fingerprint density at radius 3 is 2.33 bits per heavy atom. The van der Waals surface area contributed by atoms with Crippen molar-refractivity contribution in [3.8, 4) is 0 Å². The lowest BCUT2D eigenvalue weighted by atomic mass is 10.1. The van der Waals surface area contributed by atoms with Crippen molar-refractivity contribution in [2.45, 2.75) is 18.4 Å². The Hall–Kier alpha value is -1.96. The molecule has 0 bridgehead atoms. The van der Waals surface area contributed by atoms with E-state index in [0.29, 0.717) is 0 Å². The smallest absolute Gasteiger partial charge is 0.238 e. The summed E-state index contributed by atoms with van der Waals surface area (Å²) in [6.07, 6.45) is 1.82. The molecule has 1 aliphatic heterocycles. The minimum Gasteiger partial charge on any atom is -0.369 e. The van der Waals surface area contributed by atoms with Crippen molar-refractivity contribution in [3.05, 3.63) is 53.9 Å². The maximum Gasteiger partial charge on any atom is 0.238 e. The van der Waals surface area contributed by atoms with E-state index in [1.807, 2.05) is 31.3 Å². The summed E-state index contributed by atoms with van der Waals surface area (Å²) in [7, 11) is -3.63. The molecule has 3 rings (SSSR count). The molecule has 0 saturated carbocycles. The molecule has 6 nitrogen and oxygen atoms in total. The largest absolute Gasteiger partial charge is 0.369 e. The van der Waals surface area contributed by atoms with Crippen molar-refractivity contribution in [2.24, 2.45) is 5.14 Å². The van der Waals surface area contributed by atoms with Gasteiger partial charge in [-0.2, -0.15) is 0 Å². The average Bonchev–Trinajstić information content (AvgIpc) is 2.57. The van der Waals surface area contributed by atoms with Crippen LogP contribution >= 0.6 is 0 Å². The minimum atomic E-state index is -3.63. The molecule has 0 aliphatic carbocycles. The van der Waals surface area contributed by atoms with Gasteiger partial charge in [-0.3, -0.25) is 9.88 Å². The number of rotatable bonds is 4. The van der Waals surface area contributed by atoms with Crippen molar-refractivity contribution >= 4 is 15.7 Å². The number of aromatic nitrogens is 1. The zero-order valence-electron chi connectivity index (χ0n) is 13.7. The van der Waals surface area contributed by atoms with Crippen LogP contribution in [0.5, 0.6) is 0 Å². The van der Waals surface area contributed by atoms with Crippen LogP contribution in [0.15, 0.2) is 47.5 Å². The number of anilines is 1. The molecule has 0 unspecified atom stereocenters. The van der Waals surface area contributed by atoms with E-state index in [4.69, 9.17) is 5.14 Å². The topological polar surface area (TPSA) is 79.5 Å². The maximum atomic E-state index is 11.3. The second kappa shape index (κ2) is 6.88.